The van der Waals surface area contributed by atoms with E-state index in [0.717, 1.165) is 0 Å². The van der Waals surface area contributed by atoms with Gasteiger partial charge in [0.2, 0.25) is 0 Å². The van der Waals surface area contributed by atoms with Crippen LogP contribution in [0, 0.1) is 0 Å². The summed E-state index contributed by atoms with van der Waals surface area (Å²) < 4.78 is 24.4. The number of halogens is 4. The molecule has 1 aromatic rings. The van der Waals surface area contributed by atoms with E-state index in [-0.39, 0.29) is 10.6 Å². The van der Waals surface area contributed by atoms with E-state index in [2.05, 4.69) is 0 Å². The van der Waals surface area contributed by atoms with E-state index in [1.54, 1.807) is 0 Å². The van der Waals surface area contributed by atoms with Crippen LogP contribution in [0.25, 0.3) is 0 Å². The lowest BCUT2D eigenvalue weighted by Crippen LogP contribution is -2.19. The van der Waals surface area contributed by atoms with Crippen LogP contribution < -0.4 is 5.73 Å². The van der Waals surface area contributed by atoms with Crippen LogP contribution >= 0.6 is 23.2 Å². The van der Waals surface area contributed by atoms with Crippen molar-refractivity contribution in [1.82, 2.24) is 0 Å². The topological polar surface area (TPSA) is 26.0 Å². The molecule has 0 saturated carbocycles. The molecule has 0 aliphatic carbocycles. The van der Waals surface area contributed by atoms with Crippen LogP contribution in [0.3, 0.4) is 0 Å². The number of benzene rings is 1. The smallest absolute Gasteiger partial charge is 0.257 e. The second-order valence-corrected chi connectivity index (χ2v) is 3.37. The highest BCUT2D eigenvalue weighted by Crippen LogP contribution is 2.27. The summed E-state index contributed by atoms with van der Waals surface area (Å²) in [5, 5.41) is 0.565. The molecular formula is C8H7Cl2F2N. The highest BCUT2D eigenvalue weighted by molar-refractivity contribution is 6.35. The molecule has 1 rings (SSSR count). The summed E-state index contributed by atoms with van der Waals surface area (Å²) in [5.41, 5.74) is 5.42. The summed E-state index contributed by atoms with van der Waals surface area (Å²) in [7, 11) is 0. The minimum absolute atomic E-state index is 0.167. The SMILES string of the molecule is NC(c1ccc(Cl)cc1Cl)C(F)F. The molecule has 0 spiro atoms. The number of hydrogen-bond acceptors (Lipinski definition) is 1. The average molecular weight is 226 g/mol. The van der Waals surface area contributed by atoms with Gasteiger partial charge in [-0.15, -0.1) is 0 Å². The molecule has 72 valence electrons. The van der Waals surface area contributed by atoms with E-state index in [9.17, 15) is 8.78 Å². The molecule has 0 aliphatic rings. The van der Waals surface area contributed by atoms with Gasteiger partial charge in [0, 0.05) is 10.0 Å². The monoisotopic (exact) mass is 225 g/mol. The normalized spacial score (nSPS) is 13.4. The van der Waals surface area contributed by atoms with Crippen LogP contribution in [0.1, 0.15) is 11.6 Å². The molecule has 1 nitrogen and oxygen atoms in total. The van der Waals surface area contributed by atoms with Crippen LogP contribution in [0.5, 0.6) is 0 Å². The lowest BCUT2D eigenvalue weighted by molar-refractivity contribution is 0.116. The second-order valence-electron chi connectivity index (χ2n) is 2.53. The van der Waals surface area contributed by atoms with Crippen molar-refractivity contribution >= 4 is 23.2 Å². The predicted octanol–water partition coefficient (Wildman–Crippen LogP) is 3.26. The van der Waals surface area contributed by atoms with Crippen molar-refractivity contribution in [1.29, 1.82) is 0 Å². The van der Waals surface area contributed by atoms with Gasteiger partial charge >= 0.3 is 0 Å². The quantitative estimate of drug-likeness (QED) is 0.822. The van der Waals surface area contributed by atoms with E-state index in [4.69, 9.17) is 28.9 Å². The predicted molar refractivity (Wildman–Crippen MR) is 49.4 cm³/mol. The summed E-state index contributed by atoms with van der Waals surface area (Å²) in [6, 6.07) is 2.91. The molecule has 0 bridgehead atoms. The zero-order chi connectivity index (χ0) is 10.0. The van der Waals surface area contributed by atoms with Gasteiger partial charge in [-0.3, -0.25) is 0 Å². The van der Waals surface area contributed by atoms with Crippen molar-refractivity contribution < 1.29 is 8.78 Å². The van der Waals surface area contributed by atoms with Gasteiger partial charge in [-0.25, -0.2) is 8.78 Å². The van der Waals surface area contributed by atoms with Gasteiger partial charge in [0.05, 0.1) is 6.04 Å². The summed E-state index contributed by atoms with van der Waals surface area (Å²) in [4.78, 5) is 0. The van der Waals surface area contributed by atoms with Crippen molar-refractivity contribution in [2.75, 3.05) is 0 Å². The zero-order valence-corrected chi connectivity index (χ0v) is 7.99. The van der Waals surface area contributed by atoms with Gasteiger partial charge in [0.25, 0.3) is 6.43 Å². The highest BCUT2D eigenvalue weighted by atomic mass is 35.5. The second kappa shape index (κ2) is 4.22. The van der Waals surface area contributed by atoms with Gasteiger partial charge in [0.15, 0.2) is 0 Å². The Morgan fingerprint density at radius 3 is 2.31 bits per heavy atom. The fourth-order valence-electron chi connectivity index (χ4n) is 0.908. The minimum atomic E-state index is -2.63. The Bertz CT molecular complexity index is 304. The van der Waals surface area contributed by atoms with Gasteiger partial charge in [-0.2, -0.15) is 0 Å². The summed E-state index contributed by atoms with van der Waals surface area (Å²) in [5.74, 6) is 0. The molecule has 0 saturated heterocycles. The Morgan fingerprint density at radius 1 is 1.23 bits per heavy atom. The van der Waals surface area contributed by atoms with Gasteiger partial charge < -0.3 is 5.73 Å². The van der Waals surface area contributed by atoms with Crippen LogP contribution in [0.4, 0.5) is 8.78 Å². The Morgan fingerprint density at radius 2 is 1.85 bits per heavy atom. The van der Waals surface area contributed by atoms with Crippen LogP contribution in [-0.4, -0.2) is 6.43 Å². The first-order valence-corrected chi connectivity index (χ1v) is 4.26. The third-order valence-electron chi connectivity index (χ3n) is 1.59. The number of alkyl halides is 2. The lowest BCUT2D eigenvalue weighted by atomic mass is 10.1. The van der Waals surface area contributed by atoms with Crippen molar-refractivity contribution in [3.05, 3.63) is 33.8 Å². The molecule has 2 N–H and O–H groups in total. The first-order valence-electron chi connectivity index (χ1n) is 3.51. The Balaban J connectivity index is 3.01. The third kappa shape index (κ3) is 2.53. The molecule has 0 heterocycles. The number of rotatable bonds is 2. The molecule has 0 fully saturated rings. The van der Waals surface area contributed by atoms with Crippen LogP contribution in [-0.2, 0) is 0 Å². The fraction of sp³-hybridized carbons (Fsp3) is 0.250. The van der Waals surface area contributed by atoms with Crippen molar-refractivity contribution in [2.45, 2.75) is 12.5 Å². The van der Waals surface area contributed by atoms with E-state index in [0.29, 0.717) is 5.02 Å². The minimum Gasteiger partial charge on any atom is -0.319 e. The molecule has 0 aromatic heterocycles. The Labute approximate surface area is 84.4 Å². The van der Waals surface area contributed by atoms with E-state index in [1.165, 1.54) is 18.2 Å². The molecular weight excluding hydrogens is 219 g/mol. The largest absolute Gasteiger partial charge is 0.319 e. The molecule has 5 heteroatoms. The molecule has 0 amide bonds. The fourth-order valence-corrected chi connectivity index (χ4v) is 1.44. The molecule has 1 unspecified atom stereocenters. The van der Waals surface area contributed by atoms with Gasteiger partial charge in [-0.1, -0.05) is 29.3 Å². The molecule has 13 heavy (non-hydrogen) atoms. The van der Waals surface area contributed by atoms with E-state index < -0.39 is 12.5 Å². The maximum absolute atomic E-state index is 12.2. The lowest BCUT2D eigenvalue weighted by Gasteiger charge is -2.12. The Kier molecular flexibility index (Phi) is 3.47. The number of nitrogens with two attached hydrogens (primary N) is 1. The standard InChI is InChI=1S/C8H7Cl2F2N/c9-4-1-2-5(6(10)3-4)7(13)8(11)12/h1-3,7-8H,13H2. The molecule has 1 atom stereocenters. The van der Waals surface area contributed by atoms with Crippen molar-refractivity contribution in [3.63, 3.8) is 0 Å². The van der Waals surface area contributed by atoms with E-state index >= 15 is 0 Å². The highest BCUT2D eigenvalue weighted by Gasteiger charge is 2.19. The number of hydrogen-bond donors (Lipinski definition) is 1. The summed E-state index contributed by atoms with van der Waals surface area (Å²) >= 11 is 11.3. The van der Waals surface area contributed by atoms with Crippen LogP contribution in [0.2, 0.25) is 10.0 Å². The van der Waals surface area contributed by atoms with Crippen molar-refractivity contribution in [3.8, 4) is 0 Å². The maximum atomic E-state index is 12.2. The van der Waals surface area contributed by atoms with E-state index in [1.807, 2.05) is 0 Å². The Hall–Kier alpha value is -0.380. The first kappa shape index (κ1) is 10.7. The van der Waals surface area contributed by atoms with Gasteiger partial charge in [0.1, 0.15) is 0 Å². The van der Waals surface area contributed by atoms with Crippen molar-refractivity contribution in [2.24, 2.45) is 5.73 Å². The molecule has 0 aliphatic heterocycles. The first-order chi connectivity index (χ1) is 6.02. The third-order valence-corrected chi connectivity index (χ3v) is 2.16. The molecule has 1 aromatic carbocycles. The maximum Gasteiger partial charge on any atom is 0.257 e. The zero-order valence-electron chi connectivity index (χ0n) is 6.48. The van der Waals surface area contributed by atoms with Crippen LogP contribution in [0.15, 0.2) is 18.2 Å². The van der Waals surface area contributed by atoms with Gasteiger partial charge in [-0.05, 0) is 17.7 Å². The molecule has 0 radical (unpaired) electrons. The summed E-state index contributed by atoms with van der Waals surface area (Å²) in [6.07, 6.45) is -2.63. The summed E-state index contributed by atoms with van der Waals surface area (Å²) in [6.45, 7) is 0. The average Bonchev–Trinajstić information content (AvgIpc) is 2.03.